The van der Waals surface area contributed by atoms with Crippen LogP contribution in [0.3, 0.4) is 0 Å². The van der Waals surface area contributed by atoms with Crippen LogP contribution < -0.4 is 4.90 Å². The fourth-order valence-electron chi connectivity index (χ4n) is 3.90. The zero-order chi connectivity index (χ0) is 20.5. The lowest BCUT2D eigenvalue weighted by Gasteiger charge is -2.21. The standard InChI is InChI=1S/C24H20BrN3OS/c25-19-10-11-21-22(14-19)30-24(27-21)28(15-20-7-3-4-12-26-20)23(29)18-9-8-16-5-1-2-6-17(16)13-18/h3-4,7-14H,1-2,5-6,15H2. The topological polar surface area (TPSA) is 46.1 Å². The maximum atomic E-state index is 13.6. The highest BCUT2D eigenvalue weighted by molar-refractivity contribution is 9.10. The molecular weight excluding hydrogens is 458 g/mol. The van der Waals surface area contributed by atoms with Crippen LogP contribution in [0.5, 0.6) is 0 Å². The Kier molecular flexibility index (Phi) is 5.35. The molecule has 4 aromatic rings. The highest BCUT2D eigenvalue weighted by atomic mass is 79.9. The number of hydrogen-bond acceptors (Lipinski definition) is 4. The van der Waals surface area contributed by atoms with Crippen molar-refractivity contribution in [2.24, 2.45) is 0 Å². The van der Waals surface area contributed by atoms with Gasteiger partial charge in [-0.3, -0.25) is 14.7 Å². The molecule has 1 aliphatic rings. The number of carbonyl (C=O) groups is 1. The van der Waals surface area contributed by atoms with Gasteiger partial charge in [0.25, 0.3) is 5.91 Å². The third-order valence-corrected chi connectivity index (χ3v) is 6.99. The number of aryl methyl sites for hydroxylation is 2. The van der Waals surface area contributed by atoms with Gasteiger partial charge in [0.15, 0.2) is 5.13 Å². The quantitative estimate of drug-likeness (QED) is 0.352. The average molecular weight is 478 g/mol. The van der Waals surface area contributed by atoms with Crippen LogP contribution in [0.15, 0.2) is 65.3 Å². The van der Waals surface area contributed by atoms with Crippen molar-refractivity contribution >= 4 is 48.5 Å². The van der Waals surface area contributed by atoms with Crippen molar-refractivity contribution in [2.45, 2.75) is 32.2 Å². The Labute approximate surface area is 187 Å². The minimum Gasteiger partial charge on any atom is -0.278 e. The fourth-order valence-corrected chi connectivity index (χ4v) is 5.42. The first-order valence-electron chi connectivity index (χ1n) is 10.1. The van der Waals surface area contributed by atoms with Crippen LogP contribution in [0.4, 0.5) is 5.13 Å². The third kappa shape index (κ3) is 3.89. The summed E-state index contributed by atoms with van der Waals surface area (Å²) in [5.41, 5.74) is 5.12. The summed E-state index contributed by atoms with van der Waals surface area (Å²) >= 11 is 5.05. The molecule has 2 aromatic heterocycles. The van der Waals surface area contributed by atoms with Crippen molar-refractivity contribution in [3.05, 3.63) is 87.7 Å². The van der Waals surface area contributed by atoms with Gasteiger partial charge in [0.1, 0.15) is 0 Å². The number of anilines is 1. The smallest absolute Gasteiger partial charge is 0.260 e. The van der Waals surface area contributed by atoms with E-state index in [2.05, 4.69) is 33.0 Å². The van der Waals surface area contributed by atoms with Crippen molar-refractivity contribution in [3.8, 4) is 0 Å². The van der Waals surface area contributed by atoms with Gasteiger partial charge >= 0.3 is 0 Å². The lowest BCUT2D eigenvalue weighted by Crippen LogP contribution is -2.31. The highest BCUT2D eigenvalue weighted by Gasteiger charge is 2.23. The number of hydrogen-bond donors (Lipinski definition) is 0. The molecule has 0 atom stereocenters. The van der Waals surface area contributed by atoms with Gasteiger partial charge in [0.2, 0.25) is 0 Å². The summed E-state index contributed by atoms with van der Waals surface area (Å²) in [5, 5.41) is 0.691. The van der Waals surface area contributed by atoms with Gasteiger partial charge < -0.3 is 0 Å². The number of pyridine rings is 1. The van der Waals surface area contributed by atoms with Crippen LogP contribution in [0, 0.1) is 0 Å². The minimum absolute atomic E-state index is 0.0350. The molecule has 0 fully saturated rings. The Balaban J connectivity index is 1.55. The molecule has 0 spiro atoms. The molecule has 150 valence electrons. The molecule has 1 amide bonds. The molecular formula is C24H20BrN3OS. The fraction of sp³-hybridized carbons (Fsp3) is 0.208. The van der Waals surface area contributed by atoms with Crippen LogP contribution in [-0.4, -0.2) is 15.9 Å². The Hall–Kier alpha value is -2.57. The number of amides is 1. The van der Waals surface area contributed by atoms with Crippen molar-refractivity contribution in [3.63, 3.8) is 0 Å². The molecule has 4 nitrogen and oxygen atoms in total. The first kappa shape index (κ1) is 19.4. The second-order valence-electron chi connectivity index (χ2n) is 7.51. The van der Waals surface area contributed by atoms with Crippen LogP contribution in [0.2, 0.25) is 0 Å². The summed E-state index contributed by atoms with van der Waals surface area (Å²) in [6, 6.07) is 17.9. The van der Waals surface area contributed by atoms with Crippen molar-refractivity contribution in [1.29, 1.82) is 0 Å². The first-order valence-corrected chi connectivity index (χ1v) is 11.7. The van der Waals surface area contributed by atoms with Crippen LogP contribution in [0.25, 0.3) is 10.2 Å². The number of thiazole rings is 1. The molecule has 0 saturated carbocycles. The normalized spacial score (nSPS) is 13.2. The summed E-state index contributed by atoms with van der Waals surface area (Å²) in [7, 11) is 0. The number of benzene rings is 2. The second kappa shape index (κ2) is 8.28. The van der Waals surface area contributed by atoms with E-state index in [9.17, 15) is 4.79 Å². The zero-order valence-corrected chi connectivity index (χ0v) is 18.7. The number of aromatic nitrogens is 2. The van der Waals surface area contributed by atoms with E-state index in [0.717, 1.165) is 33.2 Å². The molecule has 0 saturated heterocycles. The summed E-state index contributed by atoms with van der Waals surface area (Å²) in [6.07, 6.45) is 6.33. The molecule has 0 unspecified atom stereocenters. The molecule has 1 aliphatic carbocycles. The van der Waals surface area contributed by atoms with Crippen molar-refractivity contribution in [1.82, 2.24) is 9.97 Å². The van der Waals surface area contributed by atoms with E-state index in [1.54, 1.807) is 11.1 Å². The minimum atomic E-state index is -0.0350. The number of nitrogens with zero attached hydrogens (tertiary/aromatic N) is 3. The Morgan fingerprint density at radius 1 is 1.03 bits per heavy atom. The largest absolute Gasteiger partial charge is 0.278 e. The van der Waals surface area contributed by atoms with Crippen LogP contribution >= 0.6 is 27.3 Å². The summed E-state index contributed by atoms with van der Waals surface area (Å²) in [6.45, 7) is 0.387. The van der Waals surface area contributed by atoms with Gasteiger partial charge in [-0.1, -0.05) is 39.4 Å². The molecule has 0 radical (unpaired) electrons. The Bertz CT molecular complexity index is 1220. The Morgan fingerprint density at radius 2 is 1.90 bits per heavy atom. The predicted octanol–water partition coefficient (Wildman–Crippen LogP) is 6.18. The van der Waals surface area contributed by atoms with Crippen molar-refractivity contribution in [2.75, 3.05) is 4.90 Å². The predicted molar refractivity (Wildman–Crippen MR) is 125 cm³/mol. The number of halogens is 1. The monoisotopic (exact) mass is 477 g/mol. The van der Waals surface area contributed by atoms with E-state index in [0.29, 0.717) is 17.2 Å². The summed E-state index contributed by atoms with van der Waals surface area (Å²) in [4.78, 5) is 24.6. The molecule has 0 aliphatic heterocycles. The van der Waals surface area contributed by atoms with E-state index in [1.807, 2.05) is 42.5 Å². The SMILES string of the molecule is O=C(c1ccc2c(c1)CCCC2)N(Cc1ccccn1)c1nc2ccc(Br)cc2s1. The maximum absolute atomic E-state index is 13.6. The Morgan fingerprint density at radius 3 is 2.73 bits per heavy atom. The van der Waals surface area contributed by atoms with Gasteiger partial charge in [-0.25, -0.2) is 4.98 Å². The molecule has 0 bridgehead atoms. The molecule has 6 heteroatoms. The number of carbonyl (C=O) groups excluding carboxylic acids is 1. The zero-order valence-electron chi connectivity index (χ0n) is 16.3. The summed E-state index contributed by atoms with van der Waals surface area (Å²) < 4.78 is 2.05. The summed E-state index contributed by atoms with van der Waals surface area (Å²) in [5.74, 6) is -0.0350. The maximum Gasteiger partial charge on any atom is 0.260 e. The second-order valence-corrected chi connectivity index (χ2v) is 9.44. The molecule has 5 rings (SSSR count). The molecule has 2 heterocycles. The van der Waals surface area contributed by atoms with Crippen LogP contribution in [-0.2, 0) is 19.4 Å². The van der Waals surface area contributed by atoms with Crippen molar-refractivity contribution < 1.29 is 4.79 Å². The van der Waals surface area contributed by atoms with Gasteiger partial charge in [-0.05, 0) is 79.3 Å². The van der Waals surface area contributed by atoms with E-state index in [1.165, 1.54) is 35.3 Å². The highest BCUT2D eigenvalue weighted by Crippen LogP contribution is 2.33. The van der Waals surface area contributed by atoms with Gasteiger partial charge in [0, 0.05) is 16.2 Å². The molecule has 0 N–H and O–H groups in total. The lowest BCUT2D eigenvalue weighted by molar-refractivity contribution is 0.0984. The molecule has 2 aromatic carbocycles. The average Bonchev–Trinajstić information content (AvgIpc) is 3.20. The van der Waals surface area contributed by atoms with E-state index in [4.69, 9.17) is 4.98 Å². The van der Waals surface area contributed by atoms with E-state index in [-0.39, 0.29) is 5.91 Å². The number of fused-ring (bicyclic) bond motifs is 2. The first-order chi connectivity index (χ1) is 14.7. The third-order valence-electron chi connectivity index (χ3n) is 5.46. The van der Waals surface area contributed by atoms with E-state index < -0.39 is 0 Å². The van der Waals surface area contributed by atoms with Gasteiger partial charge in [-0.15, -0.1) is 0 Å². The van der Waals surface area contributed by atoms with E-state index >= 15 is 0 Å². The van der Waals surface area contributed by atoms with Crippen LogP contribution in [0.1, 0.15) is 40.0 Å². The lowest BCUT2D eigenvalue weighted by atomic mass is 9.90. The number of rotatable bonds is 4. The van der Waals surface area contributed by atoms with Gasteiger partial charge in [0.05, 0.1) is 22.5 Å². The van der Waals surface area contributed by atoms with Gasteiger partial charge in [-0.2, -0.15) is 0 Å². The molecule has 30 heavy (non-hydrogen) atoms.